The van der Waals surface area contributed by atoms with E-state index >= 15 is 0 Å². The molecule has 18 heavy (non-hydrogen) atoms. The number of likely N-dealkylation sites (N-methyl/N-ethyl adjacent to an activating group) is 2. The van der Waals surface area contributed by atoms with Gasteiger partial charge in [0.1, 0.15) is 0 Å². The Labute approximate surface area is 137 Å². The van der Waals surface area contributed by atoms with Crippen molar-refractivity contribution in [1.29, 1.82) is 0 Å². The van der Waals surface area contributed by atoms with E-state index in [-0.39, 0.29) is 49.6 Å². The fourth-order valence-electron chi connectivity index (χ4n) is 1.29. The molecule has 0 aromatic carbocycles. The first-order chi connectivity index (χ1) is 6.70. The number of nitrogens with two attached hydrogens (primary N) is 2. The lowest BCUT2D eigenvalue weighted by Crippen LogP contribution is -2.33. The van der Waals surface area contributed by atoms with Crippen molar-refractivity contribution in [3.63, 3.8) is 0 Å². The van der Waals surface area contributed by atoms with Gasteiger partial charge in [0.25, 0.3) is 0 Å². The molecule has 0 unspecified atom stereocenters. The second-order valence-electron chi connectivity index (χ2n) is 3.89. The number of nitrogens with zero attached hydrogens (tertiary/aromatic N) is 2. The number of halogens is 4. The van der Waals surface area contributed by atoms with Crippen molar-refractivity contribution in [2.24, 2.45) is 11.5 Å². The summed E-state index contributed by atoms with van der Waals surface area (Å²) in [5.41, 5.74) is 10.9. The second-order valence-corrected chi connectivity index (χ2v) is 3.89. The zero-order valence-electron chi connectivity index (χ0n) is 11.3. The predicted molar refractivity (Wildman–Crippen MR) is 91.3 cm³/mol. The molecular weight excluding hydrogens is 318 g/mol. The van der Waals surface area contributed by atoms with E-state index in [9.17, 15) is 0 Å². The molecule has 0 aromatic heterocycles. The smallest absolute Gasteiger partial charge is 0.0106 e. The quantitative estimate of drug-likeness (QED) is 0.658. The fourth-order valence-corrected chi connectivity index (χ4v) is 1.29. The van der Waals surface area contributed by atoms with Crippen molar-refractivity contribution in [2.45, 2.75) is 12.8 Å². The van der Waals surface area contributed by atoms with Crippen LogP contribution in [-0.2, 0) is 0 Å². The van der Waals surface area contributed by atoms with E-state index in [0.29, 0.717) is 0 Å². The van der Waals surface area contributed by atoms with Crippen LogP contribution in [0, 0.1) is 0 Å². The second kappa shape index (κ2) is 23.1. The minimum Gasteiger partial charge on any atom is -0.330 e. The van der Waals surface area contributed by atoms with Crippen LogP contribution in [0.15, 0.2) is 0 Å². The Bertz CT molecular complexity index is 118. The number of rotatable bonds is 9. The van der Waals surface area contributed by atoms with Gasteiger partial charge in [-0.25, -0.2) is 0 Å². The molecule has 0 aliphatic carbocycles. The maximum atomic E-state index is 5.45. The van der Waals surface area contributed by atoms with E-state index in [0.717, 1.165) is 52.1 Å². The molecule has 0 spiro atoms. The molecule has 0 saturated heterocycles. The molecule has 0 heterocycles. The van der Waals surface area contributed by atoms with Crippen LogP contribution in [0.1, 0.15) is 12.8 Å². The summed E-state index contributed by atoms with van der Waals surface area (Å²) >= 11 is 0. The Balaban J connectivity index is -0.000000141. The minimum atomic E-state index is 0. The summed E-state index contributed by atoms with van der Waals surface area (Å²) in [6.07, 6.45) is 2.17. The van der Waals surface area contributed by atoms with Gasteiger partial charge < -0.3 is 21.3 Å². The van der Waals surface area contributed by atoms with Crippen LogP contribution in [0.3, 0.4) is 0 Å². The zero-order valence-corrected chi connectivity index (χ0v) is 14.6. The van der Waals surface area contributed by atoms with Gasteiger partial charge in [0.15, 0.2) is 0 Å². The third-order valence-corrected chi connectivity index (χ3v) is 2.35. The standard InChI is InChI=1S/C10H26N4.4ClH/c1-13(7-3-5-11)9-10-14(2)8-4-6-12;;;;/h3-12H2,1-2H3;4*1H. The summed E-state index contributed by atoms with van der Waals surface area (Å²) in [5.74, 6) is 0. The van der Waals surface area contributed by atoms with Gasteiger partial charge >= 0.3 is 0 Å². The summed E-state index contributed by atoms with van der Waals surface area (Å²) in [7, 11) is 4.29. The molecule has 0 rings (SSSR count). The fraction of sp³-hybridized carbons (Fsp3) is 1.00. The molecule has 0 atom stereocenters. The van der Waals surface area contributed by atoms with Crippen LogP contribution in [0.4, 0.5) is 0 Å². The van der Waals surface area contributed by atoms with Crippen molar-refractivity contribution in [2.75, 3.05) is 53.4 Å². The monoisotopic (exact) mass is 346 g/mol. The number of hydrogen-bond acceptors (Lipinski definition) is 4. The first-order valence-corrected chi connectivity index (χ1v) is 5.48. The zero-order chi connectivity index (χ0) is 10.8. The highest BCUT2D eigenvalue weighted by atomic mass is 35.5. The maximum Gasteiger partial charge on any atom is 0.0106 e. The van der Waals surface area contributed by atoms with Crippen LogP contribution in [0.5, 0.6) is 0 Å². The van der Waals surface area contributed by atoms with Crippen LogP contribution in [-0.4, -0.2) is 63.2 Å². The Kier molecular flexibility index (Phi) is 40.3. The molecule has 0 amide bonds. The van der Waals surface area contributed by atoms with Gasteiger partial charge in [-0.2, -0.15) is 0 Å². The van der Waals surface area contributed by atoms with Crippen LogP contribution in [0.25, 0.3) is 0 Å². The Hall–Kier alpha value is 1.00. The molecule has 0 aliphatic rings. The summed E-state index contributed by atoms with van der Waals surface area (Å²) in [4.78, 5) is 4.65. The highest BCUT2D eigenvalue weighted by molar-refractivity contribution is 5.86. The van der Waals surface area contributed by atoms with Gasteiger partial charge in [-0.15, -0.1) is 49.6 Å². The molecule has 0 radical (unpaired) electrons. The normalized spacial score (nSPS) is 9.00. The molecule has 0 aliphatic heterocycles. The van der Waals surface area contributed by atoms with Gasteiger partial charge in [0.05, 0.1) is 0 Å². The highest BCUT2D eigenvalue weighted by Gasteiger charge is 2.00. The summed E-state index contributed by atoms with van der Waals surface area (Å²) in [6, 6.07) is 0. The van der Waals surface area contributed by atoms with Crippen molar-refractivity contribution in [3.8, 4) is 0 Å². The van der Waals surface area contributed by atoms with E-state index in [1.807, 2.05) is 0 Å². The highest BCUT2D eigenvalue weighted by Crippen LogP contribution is 1.90. The lowest BCUT2D eigenvalue weighted by atomic mass is 10.3. The molecule has 0 saturated carbocycles. The number of hydrogen-bond donors (Lipinski definition) is 2. The van der Waals surface area contributed by atoms with Gasteiger partial charge in [-0.1, -0.05) is 0 Å². The van der Waals surface area contributed by atoms with E-state index in [1.165, 1.54) is 0 Å². The predicted octanol–water partition coefficient (Wildman–Crippen LogP) is 1.23. The molecular formula is C10H30Cl4N4. The SMILES string of the molecule is CN(CCCN)CCN(C)CCCN.Cl.Cl.Cl.Cl. The van der Waals surface area contributed by atoms with Crippen LogP contribution in [0.2, 0.25) is 0 Å². The van der Waals surface area contributed by atoms with Gasteiger partial charge in [-0.05, 0) is 53.1 Å². The molecule has 4 N–H and O–H groups in total. The maximum absolute atomic E-state index is 5.45. The first kappa shape index (κ1) is 31.4. The van der Waals surface area contributed by atoms with Crippen LogP contribution < -0.4 is 11.5 Å². The lowest BCUT2D eigenvalue weighted by Gasteiger charge is -2.21. The largest absolute Gasteiger partial charge is 0.330 e. The van der Waals surface area contributed by atoms with Crippen molar-refractivity contribution in [1.82, 2.24) is 9.80 Å². The third kappa shape index (κ3) is 22.2. The molecule has 8 heteroatoms. The summed E-state index contributed by atoms with van der Waals surface area (Å²) in [6.45, 7) is 5.99. The minimum absolute atomic E-state index is 0. The Morgan fingerprint density at radius 1 is 0.611 bits per heavy atom. The van der Waals surface area contributed by atoms with E-state index in [2.05, 4.69) is 23.9 Å². The van der Waals surface area contributed by atoms with Crippen LogP contribution >= 0.6 is 49.6 Å². The van der Waals surface area contributed by atoms with Gasteiger partial charge in [-0.3, -0.25) is 0 Å². The lowest BCUT2D eigenvalue weighted by molar-refractivity contribution is 0.254. The van der Waals surface area contributed by atoms with E-state index in [4.69, 9.17) is 11.5 Å². The molecule has 0 aromatic rings. The molecule has 118 valence electrons. The first-order valence-electron chi connectivity index (χ1n) is 5.48. The molecule has 4 nitrogen and oxygen atoms in total. The van der Waals surface area contributed by atoms with Crippen molar-refractivity contribution in [3.05, 3.63) is 0 Å². The van der Waals surface area contributed by atoms with E-state index in [1.54, 1.807) is 0 Å². The Morgan fingerprint density at radius 2 is 0.889 bits per heavy atom. The van der Waals surface area contributed by atoms with E-state index < -0.39 is 0 Å². The van der Waals surface area contributed by atoms with Crippen molar-refractivity contribution >= 4 is 49.6 Å². The summed E-state index contributed by atoms with van der Waals surface area (Å²) in [5, 5.41) is 0. The average Bonchev–Trinajstić information content (AvgIpc) is 2.20. The van der Waals surface area contributed by atoms with Crippen molar-refractivity contribution < 1.29 is 0 Å². The topological polar surface area (TPSA) is 58.5 Å². The summed E-state index contributed by atoms with van der Waals surface area (Å²) < 4.78 is 0. The Morgan fingerprint density at radius 3 is 1.11 bits per heavy atom. The third-order valence-electron chi connectivity index (χ3n) is 2.35. The van der Waals surface area contributed by atoms with Gasteiger partial charge in [0.2, 0.25) is 0 Å². The van der Waals surface area contributed by atoms with Gasteiger partial charge in [0, 0.05) is 13.1 Å². The molecule has 0 fully saturated rings. The average molecular weight is 348 g/mol. The molecule has 0 bridgehead atoms.